The first-order chi connectivity index (χ1) is 13.5. The Hall–Kier alpha value is -3.06. The quantitative estimate of drug-likeness (QED) is 0.597. The van der Waals surface area contributed by atoms with Crippen LogP contribution in [-0.2, 0) is 4.79 Å². The number of rotatable bonds is 8. The Bertz CT molecular complexity index is 941. The van der Waals surface area contributed by atoms with E-state index >= 15 is 0 Å². The second-order valence-corrected chi connectivity index (χ2v) is 6.45. The highest BCUT2D eigenvalue weighted by molar-refractivity contribution is 6.31. The lowest BCUT2D eigenvalue weighted by atomic mass is 10.2. The third-order valence-corrected chi connectivity index (χ3v) is 4.17. The molecule has 146 valence electrons. The van der Waals surface area contributed by atoms with Crippen LogP contribution in [0.1, 0.15) is 18.9 Å². The van der Waals surface area contributed by atoms with Crippen molar-refractivity contribution in [1.82, 2.24) is 10.1 Å². The molecule has 0 aliphatic rings. The maximum absolute atomic E-state index is 12.0. The summed E-state index contributed by atoms with van der Waals surface area (Å²) < 4.78 is 16.2. The monoisotopic (exact) mass is 401 g/mol. The summed E-state index contributed by atoms with van der Waals surface area (Å²) in [6.07, 6.45) is 0.940. The molecule has 8 heteroatoms. The first-order valence-corrected chi connectivity index (χ1v) is 9.18. The van der Waals surface area contributed by atoms with Gasteiger partial charge in [-0.25, -0.2) is 0 Å². The van der Waals surface area contributed by atoms with Crippen LogP contribution in [-0.4, -0.2) is 29.3 Å². The third kappa shape index (κ3) is 5.23. The molecule has 2 aromatic carbocycles. The van der Waals surface area contributed by atoms with E-state index in [-0.39, 0.29) is 12.6 Å². The molecule has 0 atom stereocenters. The predicted octanol–water partition coefficient (Wildman–Crippen LogP) is 4.50. The average Bonchev–Trinajstić information content (AvgIpc) is 3.16. The van der Waals surface area contributed by atoms with Gasteiger partial charge in [-0.2, -0.15) is 4.98 Å². The summed E-state index contributed by atoms with van der Waals surface area (Å²) in [6.45, 7) is 4.38. The van der Waals surface area contributed by atoms with Crippen molar-refractivity contribution in [2.24, 2.45) is 0 Å². The van der Waals surface area contributed by atoms with Crippen molar-refractivity contribution in [2.75, 3.05) is 18.5 Å². The van der Waals surface area contributed by atoms with Crippen LogP contribution < -0.4 is 14.8 Å². The van der Waals surface area contributed by atoms with Gasteiger partial charge in [0.15, 0.2) is 6.61 Å². The minimum absolute atomic E-state index is 0.0715. The van der Waals surface area contributed by atoms with Gasteiger partial charge in [-0.15, -0.1) is 0 Å². The van der Waals surface area contributed by atoms with E-state index in [1.54, 1.807) is 18.2 Å². The van der Waals surface area contributed by atoms with Crippen molar-refractivity contribution in [2.45, 2.75) is 20.3 Å². The molecule has 3 aromatic rings. The number of hydrogen-bond acceptors (Lipinski definition) is 6. The molecule has 0 spiro atoms. The van der Waals surface area contributed by atoms with Gasteiger partial charge in [0, 0.05) is 10.6 Å². The smallest absolute Gasteiger partial charge is 0.270 e. The lowest BCUT2D eigenvalue weighted by Crippen LogP contribution is -2.20. The fraction of sp³-hybridized carbons (Fsp3) is 0.250. The van der Waals surface area contributed by atoms with Gasteiger partial charge in [-0.1, -0.05) is 18.5 Å². The fourth-order valence-corrected chi connectivity index (χ4v) is 2.44. The maximum atomic E-state index is 12.0. The second kappa shape index (κ2) is 9.23. The normalized spacial score (nSPS) is 10.5. The van der Waals surface area contributed by atoms with Crippen LogP contribution in [0.15, 0.2) is 47.0 Å². The number of aromatic nitrogens is 2. The van der Waals surface area contributed by atoms with Crippen LogP contribution >= 0.6 is 11.6 Å². The zero-order valence-corrected chi connectivity index (χ0v) is 16.3. The largest absolute Gasteiger partial charge is 0.494 e. The van der Waals surface area contributed by atoms with Gasteiger partial charge in [0.05, 0.1) is 6.61 Å². The second-order valence-electron chi connectivity index (χ2n) is 6.04. The standard InChI is InChI=1S/C20H20ClN3O4/c1-3-10-26-15-6-4-14(5-7-15)19-23-20(24-28-19)22-18(25)12-27-16-8-9-17(21)13(2)11-16/h4-9,11H,3,10,12H2,1-2H3,(H,22,24,25). The summed E-state index contributed by atoms with van der Waals surface area (Å²) >= 11 is 5.97. The molecule has 3 rings (SSSR count). The van der Waals surface area contributed by atoms with E-state index in [1.165, 1.54) is 0 Å². The first kappa shape index (κ1) is 19.7. The van der Waals surface area contributed by atoms with E-state index in [2.05, 4.69) is 15.5 Å². The molecule has 1 heterocycles. The Morgan fingerprint density at radius 3 is 2.61 bits per heavy atom. The Morgan fingerprint density at radius 1 is 1.14 bits per heavy atom. The average molecular weight is 402 g/mol. The highest BCUT2D eigenvalue weighted by Gasteiger charge is 2.12. The lowest BCUT2D eigenvalue weighted by Gasteiger charge is -2.06. The Kier molecular flexibility index (Phi) is 6.49. The number of nitrogens with one attached hydrogen (secondary N) is 1. The molecule has 1 amide bonds. The minimum atomic E-state index is -0.400. The van der Waals surface area contributed by atoms with E-state index in [0.29, 0.717) is 23.3 Å². The minimum Gasteiger partial charge on any atom is -0.494 e. The molecule has 1 aromatic heterocycles. The zero-order valence-electron chi connectivity index (χ0n) is 15.6. The van der Waals surface area contributed by atoms with Crippen LogP contribution in [0.5, 0.6) is 11.5 Å². The van der Waals surface area contributed by atoms with Crippen LogP contribution in [0.3, 0.4) is 0 Å². The molecule has 0 saturated carbocycles. The van der Waals surface area contributed by atoms with Gasteiger partial charge in [0.1, 0.15) is 11.5 Å². The van der Waals surface area contributed by atoms with Gasteiger partial charge in [0.25, 0.3) is 17.7 Å². The number of amides is 1. The number of aryl methyl sites for hydroxylation is 1. The SMILES string of the molecule is CCCOc1ccc(-c2nc(NC(=O)COc3ccc(Cl)c(C)c3)no2)cc1. The summed E-state index contributed by atoms with van der Waals surface area (Å²) in [5, 5.41) is 6.94. The van der Waals surface area contributed by atoms with Crippen molar-refractivity contribution >= 4 is 23.5 Å². The molecule has 28 heavy (non-hydrogen) atoms. The highest BCUT2D eigenvalue weighted by Crippen LogP contribution is 2.23. The van der Waals surface area contributed by atoms with Crippen molar-refractivity contribution in [3.8, 4) is 23.0 Å². The summed E-state index contributed by atoms with van der Waals surface area (Å²) in [6, 6.07) is 12.5. The van der Waals surface area contributed by atoms with Gasteiger partial charge in [0.2, 0.25) is 0 Å². The number of hydrogen-bond donors (Lipinski definition) is 1. The molecule has 0 saturated heterocycles. The fourth-order valence-electron chi connectivity index (χ4n) is 2.32. The zero-order chi connectivity index (χ0) is 19.9. The molecule has 0 radical (unpaired) electrons. The number of halogens is 1. The maximum Gasteiger partial charge on any atom is 0.270 e. The number of anilines is 1. The van der Waals surface area contributed by atoms with E-state index in [1.807, 2.05) is 38.1 Å². The van der Waals surface area contributed by atoms with Crippen LogP contribution in [0.4, 0.5) is 5.95 Å². The summed E-state index contributed by atoms with van der Waals surface area (Å²) in [5.41, 5.74) is 1.60. The van der Waals surface area contributed by atoms with Gasteiger partial charge in [-0.3, -0.25) is 10.1 Å². The first-order valence-electron chi connectivity index (χ1n) is 8.81. The Balaban J connectivity index is 1.54. The number of benzene rings is 2. The van der Waals surface area contributed by atoms with Gasteiger partial charge >= 0.3 is 0 Å². The number of carbonyl (C=O) groups excluding carboxylic acids is 1. The van der Waals surface area contributed by atoms with Crippen LogP contribution in [0.25, 0.3) is 11.5 Å². The molecule has 0 unspecified atom stereocenters. The number of ether oxygens (including phenoxy) is 2. The molecule has 1 N–H and O–H groups in total. The van der Waals surface area contributed by atoms with E-state index in [0.717, 1.165) is 23.3 Å². The predicted molar refractivity (Wildman–Crippen MR) is 106 cm³/mol. The van der Waals surface area contributed by atoms with E-state index < -0.39 is 5.91 Å². The van der Waals surface area contributed by atoms with Crippen molar-refractivity contribution in [1.29, 1.82) is 0 Å². The van der Waals surface area contributed by atoms with Crippen LogP contribution in [0.2, 0.25) is 5.02 Å². The molecule has 0 aliphatic heterocycles. The van der Waals surface area contributed by atoms with Gasteiger partial charge < -0.3 is 14.0 Å². The van der Waals surface area contributed by atoms with Crippen LogP contribution in [0, 0.1) is 6.92 Å². The molecule has 0 bridgehead atoms. The van der Waals surface area contributed by atoms with Crippen molar-refractivity contribution in [3.05, 3.63) is 53.1 Å². The molecule has 0 fully saturated rings. The Morgan fingerprint density at radius 2 is 1.89 bits per heavy atom. The number of carbonyl (C=O) groups is 1. The summed E-state index contributed by atoms with van der Waals surface area (Å²) in [5.74, 6) is 1.29. The van der Waals surface area contributed by atoms with E-state index in [4.69, 9.17) is 25.6 Å². The highest BCUT2D eigenvalue weighted by atomic mass is 35.5. The molecular weight excluding hydrogens is 382 g/mol. The molecule has 0 aliphatic carbocycles. The topological polar surface area (TPSA) is 86.5 Å². The van der Waals surface area contributed by atoms with Crippen molar-refractivity contribution in [3.63, 3.8) is 0 Å². The summed E-state index contributed by atoms with van der Waals surface area (Å²) in [4.78, 5) is 16.2. The lowest BCUT2D eigenvalue weighted by molar-refractivity contribution is -0.118. The Labute approximate surface area is 167 Å². The molecular formula is C20H20ClN3O4. The third-order valence-electron chi connectivity index (χ3n) is 3.75. The van der Waals surface area contributed by atoms with E-state index in [9.17, 15) is 4.79 Å². The molecule has 7 nitrogen and oxygen atoms in total. The van der Waals surface area contributed by atoms with Gasteiger partial charge in [-0.05, 0) is 66.5 Å². The summed E-state index contributed by atoms with van der Waals surface area (Å²) in [7, 11) is 0. The van der Waals surface area contributed by atoms with Crippen molar-refractivity contribution < 1.29 is 18.8 Å². The number of nitrogens with zero attached hydrogens (tertiary/aromatic N) is 2.